The molecular weight excluding hydrogens is 338 g/mol. The highest BCUT2D eigenvalue weighted by Crippen LogP contribution is 2.28. The highest BCUT2D eigenvalue weighted by Gasteiger charge is 2.17. The molecule has 0 spiro atoms. The largest absolute Gasteiger partial charge is 0.479 e. The molecule has 8 heteroatoms. The van der Waals surface area contributed by atoms with E-state index in [0.29, 0.717) is 24.5 Å². The van der Waals surface area contributed by atoms with E-state index in [1.54, 1.807) is 29.3 Å². The lowest BCUT2D eigenvalue weighted by atomic mass is 10.1. The molecule has 0 saturated heterocycles. The van der Waals surface area contributed by atoms with Gasteiger partial charge in [0.25, 0.3) is 5.91 Å². The number of aromatic nitrogens is 4. The van der Waals surface area contributed by atoms with Crippen LogP contribution in [0.25, 0.3) is 11.1 Å². The minimum Gasteiger partial charge on any atom is -0.479 e. The first-order chi connectivity index (χ1) is 12.0. The van der Waals surface area contributed by atoms with Crippen molar-refractivity contribution in [2.75, 3.05) is 13.7 Å². The van der Waals surface area contributed by atoms with Gasteiger partial charge in [-0.1, -0.05) is 0 Å². The molecule has 0 aliphatic heterocycles. The van der Waals surface area contributed by atoms with Crippen molar-refractivity contribution in [1.82, 2.24) is 24.9 Å². The molecule has 7 nitrogen and oxygen atoms in total. The van der Waals surface area contributed by atoms with Crippen LogP contribution in [0, 0.1) is 13.8 Å². The first kappa shape index (κ1) is 17.2. The lowest BCUT2D eigenvalue weighted by Crippen LogP contribution is -2.27. The lowest BCUT2D eigenvalue weighted by Gasteiger charge is -2.07. The Balaban J connectivity index is 1.66. The van der Waals surface area contributed by atoms with E-state index in [9.17, 15) is 4.79 Å². The third-order valence-electron chi connectivity index (χ3n) is 4.03. The number of rotatable bonds is 6. The summed E-state index contributed by atoms with van der Waals surface area (Å²) in [7, 11) is 3.25. The summed E-state index contributed by atoms with van der Waals surface area (Å²) in [5.41, 5.74) is 4.88. The number of aryl methyl sites for hydroxylation is 2. The van der Waals surface area contributed by atoms with Crippen LogP contribution in [-0.4, -0.2) is 39.1 Å². The van der Waals surface area contributed by atoms with Gasteiger partial charge in [0.15, 0.2) is 0 Å². The minimum atomic E-state index is -0.204. The molecule has 0 aliphatic carbocycles. The van der Waals surface area contributed by atoms with Gasteiger partial charge in [-0.3, -0.25) is 14.2 Å². The molecule has 1 N–H and O–H groups in total. The van der Waals surface area contributed by atoms with E-state index in [1.807, 2.05) is 11.6 Å². The third-order valence-corrected chi connectivity index (χ3v) is 4.72. The number of methoxy groups -OCH3 is 1. The Hall–Kier alpha value is -2.61. The van der Waals surface area contributed by atoms with Crippen LogP contribution in [0.2, 0.25) is 0 Å². The van der Waals surface area contributed by atoms with E-state index < -0.39 is 0 Å². The second-order valence-corrected chi connectivity index (χ2v) is 6.54. The number of ether oxygens (including phenoxy) is 1. The Labute approximate surface area is 150 Å². The fourth-order valence-corrected chi connectivity index (χ4v) is 3.53. The van der Waals surface area contributed by atoms with Crippen LogP contribution >= 0.6 is 11.3 Å². The van der Waals surface area contributed by atoms with E-state index >= 15 is 0 Å². The number of nitrogens with zero attached hydrogens (tertiary/aromatic N) is 4. The molecule has 3 aromatic rings. The number of carbonyl (C=O) groups excluding carboxylic acids is 1. The fourth-order valence-electron chi connectivity index (χ4n) is 2.88. The Bertz CT molecular complexity index is 879. The molecule has 25 heavy (non-hydrogen) atoms. The number of hydrogen-bond donors (Lipinski definition) is 1. The van der Waals surface area contributed by atoms with Crippen molar-refractivity contribution in [2.24, 2.45) is 7.05 Å². The first-order valence-corrected chi connectivity index (χ1v) is 8.88. The molecule has 3 aromatic heterocycles. The standard InChI is InChI=1S/C17H21N5O2S/c1-11-15(13-5-8-25-10-13)12(2)22(19-11)7-6-18-16(23)14-9-21(3)20-17(14)24-4/h5,8-10H,6-7H2,1-4H3,(H,18,23). The van der Waals surface area contributed by atoms with Crippen LogP contribution < -0.4 is 10.1 Å². The van der Waals surface area contributed by atoms with Gasteiger partial charge in [0, 0.05) is 31.0 Å². The van der Waals surface area contributed by atoms with Crippen LogP contribution in [0.1, 0.15) is 21.7 Å². The Morgan fingerprint density at radius 2 is 2.16 bits per heavy atom. The van der Waals surface area contributed by atoms with Gasteiger partial charge in [0.2, 0.25) is 5.88 Å². The second kappa shape index (κ2) is 7.10. The topological polar surface area (TPSA) is 74.0 Å². The fraction of sp³-hybridized carbons (Fsp3) is 0.353. The summed E-state index contributed by atoms with van der Waals surface area (Å²) in [6.07, 6.45) is 1.64. The summed E-state index contributed by atoms with van der Waals surface area (Å²) in [6, 6.07) is 2.10. The maximum Gasteiger partial charge on any atom is 0.258 e. The zero-order chi connectivity index (χ0) is 18.0. The van der Waals surface area contributed by atoms with E-state index in [4.69, 9.17) is 4.74 Å². The maximum atomic E-state index is 12.3. The van der Waals surface area contributed by atoms with Crippen LogP contribution in [0.3, 0.4) is 0 Å². The van der Waals surface area contributed by atoms with Crippen molar-refractivity contribution in [3.63, 3.8) is 0 Å². The molecule has 1 amide bonds. The predicted molar refractivity (Wildman–Crippen MR) is 97.1 cm³/mol. The second-order valence-electron chi connectivity index (χ2n) is 5.76. The predicted octanol–water partition coefficient (Wildman–Crippen LogP) is 2.40. The van der Waals surface area contributed by atoms with Gasteiger partial charge >= 0.3 is 0 Å². The van der Waals surface area contributed by atoms with E-state index in [-0.39, 0.29) is 5.91 Å². The summed E-state index contributed by atoms with van der Waals surface area (Å²) >= 11 is 1.67. The van der Waals surface area contributed by atoms with Crippen LogP contribution in [0.5, 0.6) is 5.88 Å². The summed E-state index contributed by atoms with van der Waals surface area (Å²) in [5, 5.41) is 15.8. The van der Waals surface area contributed by atoms with Crippen molar-refractivity contribution in [3.8, 4) is 17.0 Å². The van der Waals surface area contributed by atoms with Crippen molar-refractivity contribution in [2.45, 2.75) is 20.4 Å². The molecule has 0 saturated carbocycles. The van der Waals surface area contributed by atoms with Gasteiger partial charge in [0.1, 0.15) is 5.56 Å². The van der Waals surface area contributed by atoms with Gasteiger partial charge < -0.3 is 10.1 Å². The quantitative estimate of drug-likeness (QED) is 0.733. The smallest absolute Gasteiger partial charge is 0.258 e. The molecule has 0 atom stereocenters. The molecule has 0 bridgehead atoms. The zero-order valence-electron chi connectivity index (χ0n) is 14.7. The highest BCUT2D eigenvalue weighted by molar-refractivity contribution is 7.08. The van der Waals surface area contributed by atoms with Crippen molar-refractivity contribution >= 4 is 17.2 Å². The summed E-state index contributed by atoms with van der Waals surface area (Å²) < 4.78 is 8.61. The molecule has 3 rings (SSSR count). The summed E-state index contributed by atoms with van der Waals surface area (Å²) in [4.78, 5) is 12.3. The normalized spacial score (nSPS) is 10.9. The zero-order valence-corrected chi connectivity index (χ0v) is 15.6. The van der Waals surface area contributed by atoms with E-state index in [2.05, 4.69) is 39.3 Å². The molecule has 132 valence electrons. The number of hydrogen-bond acceptors (Lipinski definition) is 5. The molecule has 0 unspecified atom stereocenters. The number of amides is 1. The Morgan fingerprint density at radius 3 is 2.84 bits per heavy atom. The number of thiophene rings is 1. The van der Waals surface area contributed by atoms with Crippen LogP contribution in [0.4, 0.5) is 0 Å². The van der Waals surface area contributed by atoms with Gasteiger partial charge in [0.05, 0.1) is 19.3 Å². The van der Waals surface area contributed by atoms with Crippen molar-refractivity contribution < 1.29 is 9.53 Å². The average Bonchev–Trinajstić information content (AvgIpc) is 3.28. The molecule has 0 aromatic carbocycles. The van der Waals surface area contributed by atoms with Crippen LogP contribution in [0.15, 0.2) is 23.0 Å². The number of carbonyl (C=O) groups is 1. The van der Waals surface area contributed by atoms with Crippen molar-refractivity contribution in [3.05, 3.63) is 40.0 Å². The van der Waals surface area contributed by atoms with Gasteiger partial charge in [-0.15, -0.1) is 5.10 Å². The summed E-state index contributed by atoms with van der Waals surface area (Å²) in [6.45, 7) is 5.14. The molecule has 3 heterocycles. The monoisotopic (exact) mass is 359 g/mol. The van der Waals surface area contributed by atoms with E-state index in [1.165, 1.54) is 18.2 Å². The molecule has 0 aliphatic rings. The minimum absolute atomic E-state index is 0.204. The van der Waals surface area contributed by atoms with E-state index in [0.717, 1.165) is 11.4 Å². The SMILES string of the molecule is COc1nn(C)cc1C(=O)NCCn1nc(C)c(-c2ccsc2)c1C. The molecule has 0 radical (unpaired) electrons. The Kier molecular flexibility index (Phi) is 4.89. The van der Waals surface area contributed by atoms with Gasteiger partial charge in [-0.2, -0.15) is 16.4 Å². The third kappa shape index (κ3) is 3.43. The average molecular weight is 359 g/mol. The Morgan fingerprint density at radius 1 is 1.36 bits per heavy atom. The molecule has 0 fully saturated rings. The first-order valence-electron chi connectivity index (χ1n) is 7.93. The van der Waals surface area contributed by atoms with Crippen LogP contribution in [-0.2, 0) is 13.6 Å². The van der Waals surface area contributed by atoms with Gasteiger partial charge in [-0.25, -0.2) is 0 Å². The lowest BCUT2D eigenvalue weighted by molar-refractivity contribution is 0.0948. The van der Waals surface area contributed by atoms with Gasteiger partial charge in [-0.05, 0) is 36.2 Å². The number of nitrogens with one attached hydrogen (secondary N) is 1. The maximum absolute atomic E-state index is 12.3. The highest BCUT2D eigenvalue weighted by atomic mass is 32.1. The van der Waals surface area contributed by atoms with Crippen molar-refractivity contribution in [1.29, 1.82) is 0 Å². The molecular formula is C17H21N5O2S. The summed E-state index contributed by atoms with van der Waals surface area (Å²) in [5.74, 6) is 0.121.